The van der Waals surface area contributed by atoms with Crippen LogP contribution in [0.4, 0.5) is 0 Å². The summed E-state index contributed by atoms with van der Waals surface area (Å²) >= 11 is 0. The van der Waals surface area contributed by atoms with Crippen LogP contribution < -0.4 is 5.32 Å². The maximum absolute atomic E-state index is 12.6. The summed E-state index contributed by atoms with van der Waals surface area (Å²) in [6.07, 6.45) is 0.113. The van der Waals surface area contributed by atoms with Gasteiger partial charge in [-0.2, -0.15) is 0 Å². The fourth-order valence-corrected chi connectivity index (χ4v) is 3.73. The first-order chi connectivity index (χ1) is 12.5. The van der Waals surface area contributed by atoms with Crippen molar-refractivity contribution in [1.29, 1.82) is 0 Å². The summed E-state index contributed by atoms with van der Waals surface area (Å²) in [5.74, 6) is 0.0212. The van der Waals surface area contributed by atoms with Crippen LogP contribution in [-0.4, -0.2) is 43.6 Å². The number of amides is 1. The van der Waals surface area contributed by atoms with E-state index in [9.17, 15) is 4.79 Å². The molecule has 0 bridgehead atoms. The Morgan fingerprint density at radius 2 is 1.85 bits per heavy atom. The van der Waals surface area contributed by atoms with Gasteiger partial charge in [-0.15, -0.1) is 0 Å². The third-order valence-corrected chi connectivity index (χ3v) is 4.94. The highest BCUT2D eigenvalue weighted by Crippen LogP contribution is 2.21. The van der Waals surface area contributed by atoms with Crippen molar-refractivity contribution < 1.29 is 9.53 Å². The fourth-order valence-electron chi connectivity index (χ4n) is 3.73. The maximum Gasteiger partial charge on any atom is 0.251 e. The van der Waals surface area contributed by atoms with Gasteiger partial charge >= 0.3 is 0 Å². The zero-order valence-electron chi connectivity index (χ0n) is 15.9. The molecule has 1 N–H and O–H groups in total. The number of ether oxygens (including phenoxy) is 1. The molecule has 0 saturated carbocycles. The van der Waals surface area contributed by atoms with Gasteiger partial charge in [0.05, 0.1) is 12.7 Å². The first-order valence-electron chi connectivity index (χ1n) is 9.29. The van der Waals surface area contributed by atoms with Gasteiger partial charge in [-0.25, -0.2) is 0 Å². The van der Waals surface area contributed by atoms with Crippen molar-refractivity contribution >= 4 is 5.91 Å². The van der Waals surface area contributed by atoms with Crippen LogP contribution >= 0.6 is 0 Å². The SMILES string of the molecule is Cc1cc(C)c(C(=O)NCCN2CCO[C@H](c3ccccc3)C2)c(C)c1. The van der Waals surface area contributed by atoms with Crippen molar-refractivity contribution in [2.45, 2.75) is 26.9 Å². The van der Waals surface area contributed by atoms with Crippen LogP contribution in [0.5, 0.6) is 0 Å². The standard InChI is InChI=1S/C22H28N2O2/c1-16-13-17(2)21(18(3)14-16)22(25)23-9-10-24-11-12-26-20(15-24)19-7-5-4-6-8-19/h4-8,13-14,20H,9-12,15H2,1-3H3,(H,23,25)/t20-/m0/s1. The molecule has 1 aliphatic heterocycles. The van der Waals surface area contributed by atoms with Crippen LogP contribution in [0.25, 0.3) is 0 Å². The lowest BCUT2D eigenvalue weighted by Crippen LogP contribution is -2.42. The molecule has 2 aromatic carbocycles. The van der Waals surface area contributed by atoms with Crippen molar-refractivity contribution in [1.82, 2.24) is 10.2 Å². The molecule has 26 heavy (non-hydrogen) atoms. The van der Waals surface area contributed by atoms with E-state index in [1.807, 2.05) is 32.0 Å². The monoisotopic (exact) mass is 352 g/mol. The number of nitrogens with zero attached hydrogens (tertiary/aromatic N) is 1. The largest absolute Gasteiger partial charge is 0.371 e. The number of hydrogen-bond donors (Lipinski definition) is 1. The molecule has 0 aromatic heterocycles. The molecule has 1 saturated heterocycles. The second-order valence-electron chi connectivity index (χ2n) is 7.10. The predicted octanol–water partition coefficient (Wildman–Crippen LogP) is 3.42. The molecule has 1 atom stereocenters. The number of carbonyl (C=O) groups is 1. The fraction of sp³-hybridized carbons (Fsp3) is 0.409. The minimum Gasteiger partial charge on any atom is -0.371 e. The van der Waals surface area contributed by atoms with E-state index in [2.05, 4.69) is 41.4 Å². The molecule has 138 valence electrons. The molecule has 0 aliphatic carbocycles. The molecule has 4 nitrogen and oxygen atoms in total. The van der Waals surface area contributed by atoms with E-state index in [1.54, 1.807) is 0 Å². The van der Waals surface area contributed by atoms with E-state index >= 15 is 0 Å². The van der Waals surface area contributed by atoms with Crippen molar-refractivity contribution in [3.63, 3.8) is 0 Å². The Bertz CT molecular complexity index is 735. The average Bonchev–Trinajstić information content (AvgIpc) is 2.62. The molecule has 0 radical (unpaired) electrons. The van der Waals surface area contributed by atoms with E-state index in [-0.39, 0.29) is 12.0 Å². The summed E-state index contributed by atoms with van der Waals surface area (Å²) in [5.41, 5.74) is 5.29. The van der Waals surface area contributed by atoms with Crippen LogP contribution in [0.2, 0.25) is 0 Å². The summed E-state index contributed by atoms with van der Waals surface area (Å²) in [6.45, 7) is 10.0. The quantitative estimate of drug-likeness (QED) is 0.896. The Morgan fingerprint density at radius 3 is 2.54 bits per heavy atom. The summed E-state index contributed by atoms with van der Waals surface area (Å²) in [5, 5.41) is 3.08. The number of aryl methyl sites for hydroxylation is 3. The van der Waals surface area contributed by atoms with Crippen LogP contribution in [0, 0.1) is 20.8 Å². The Labute approximate surface area is 156 Å². The van der Waals surface area contributed by atoms with Gasteiger partial charge in [-0.05, 0) is 37.5 Å². The van der Waals surface area contributed by atoms with Crippen LogP contribution in [0.3, 0.4) is 0 Å². The van der Waals surface area contributed by atoms with E-state index in [0.717, 1.165) is 42.9 Å². The Morgan fingerprint density at radius 1 is 1.15 bits per heavy atom. The molecule has 3 rings (SSSR count). The lowest BCUT2D eigenvalue weighted by atomic mass is 9.99. The molecule has 1 heterocycles. The van der Waals surface area contributed by atoms with Crippen LogP contribution in [0.15, 0.2) is 42.5 Å². The van der Waals surface area contributed by atoms with Crippen LogP contribution in [0.1, 0.15) is 38.7 Å². The molecule has 1 aliphatic rings. The van der Waals surface area contributed by atoms with Gasteiger partial charge in [0, 0.05) is 31.7 Å². The molecule has 1 amide bonds. The summed E-state index contributed by atoms with van der Waals surface area (Å²) in [7, 11) is 0. The topological polar surface area (TPSA) is 41.6 Å². The van der Waals surface area contributed by atoms with Gasteiger partial charge in [0.25, 0.3) is 5.91 Å². The van der Waals surface area contributed by atoms with Crippen molar-refractivity contribution in [2.75, 3.05) is 32.8 Å². The van der Waals surface area contributed by atoms with Gasteiger partial charge in [0.2, 0.25) is 0 Å². The van der Waals surface area contributed by atoms with Gasteiger partial charge in [0.15, 0.2) is 0 Å². The summed E-state index contributed by atoms with van der Waals surface area (Å²) in [4.78, 5) is 14.9. The van der Waals surface area contributed by atoms with E-state index in [4.69, 9.17) is 4.74 Å². The molecular weight excluding hydrogens is 324 g/mol. The Balaban J connectivity index is 1.52. The van der Waals surface area contributed by atoms with Crippen molar-refractivity contribution in [3.05, 3.63) is 70.3 Å². The zero-order chi connectivity index (χ0) is 18.5. The second-order valence-corrected chi connectivity index (χ2v) is 7.10. The highest BCUT2D eigenvalue weighted by Gasteiger charge is 2.21. The summed E-state index contributed by atoms with van der Waals surface area (Å²) in [6, 6.07) is 14.5. The number of rotatable bonds is 5. The zero-order valence-corrected chi connectivity index (χ0v) is 15.9. The molecule has 0 unspecified atom stereocenters. The minimum absolute atomic E-state index is 0.0212. The predicted molar refractivity (Wildman–Crippen MR) is 105 cm³/mol. The first-order valence-corrected chi connectivity index (χ1v) is 9.29. The number of nitrogens with one attached hydrogen (secondary N) is 1. The van der Waals surface area contributed by atoms with Gasteiger partial charge in [-0.3, -0.25) is 9.69 Å². The highest BCUT2D eigenvalue weighted by molar-refractivity contribution is 5.97. The van der Waals surface area contributed by atoms with E-state index < -0.39 is 0 Å². The Kier molecular flexibility index (Phi) is 6.07. The molecule has 0 spiro atoms. The molecule has 2 aromatic rings. The summed E-state index contributed by atoms with van der Waals surface area (Å²) < 4.78 is 5.90. The van der Waals surface area contributed by atoms with E-state index in [1.165, 1.54) is 11.1 Å². The minimum atomic E-state index is 0.0212. The average molecular weight is 352 g/mol. The van der Waals surface area contributed by atoms with Crippen LogP contribution in [-0.2, 0) is 4.74 Å². The third-order valence-electron chi connectivity index (χ3n) is 4.94. The first kappa shape index (κ1) is 18.6. The number of benzene rings is 2. The lowest BCUT2D eigenvalue weighted by Gasteiger charge is -2.33. The van der Waals surface area contributed by atoms with Gasteiger partial charge in [0.1, 0.15) is 0 Å². The number of morpholine rings is 1. The second kappa shape index (κ2) is 8.47. The number of carbonyl (C=O) groups excluding carboxylic acids is 1. The normalized spacial score (nSPS) is 17.9. The molecule has 1 fully saturated rings. The smallest absolute Gasteiger partial charge is 0.251 e. The third kappa shape index (κ3) is 4.51. The highest BCUT2D eigenvalue weighted by atomic mass is 16.5. The van der Waals surface area contributed by atoms with Crippen molar-refractivity contribution in [3.8, 4) is 0 Å². The molecule has 4 heteroatoms. The van der Waals surface area contributed by atoms with Gasteiger partial charge in [-0.1, -0.05) is 48.0 Å². The van der Waals surface area contributed by atoms with E-state index in [0.29, 0.717) is 6.54 Å². The van der Waals surface area contributed by atoms with Gasteiger partial charge < -0.3 is 10.1 Å². The number of hydrogen-bond acceptors (Lipinski definition) is 3. The molecular formula is C22H28N2O2. The Hall–Kier alpha value is -2.17. The van der Waals surface area contributed by atoms with Crippen molar-refractivity contribution in [2.24, 2.45) is 0 Å². The lowest BCUT2D eigenvalue weighted by molar-refractivity contribution is -0.0293. The maximum atomic E-state index is 12.6.